The number of aromatic nitrogens is 2. The van der Waals surface area contributed by atoms with Crippen LogP contribution in [0, 0.1) is 21.0 Å². The van der Waals surface area contributed by atoms with Gasteiger partial charge in [-0.25, -0.2) is 14.8 Å². The van der Waals surface area contributed by atoms with Gasteiger partial charge in [0.1, 0.15) is 15.9 Å². The van der Waals surface area contributed by atoms with Crippen molar-refractivity contribution in [2.24, 2.45) is 0 Å². The summed E-state index contributed by atoms with van der Waals surface area (Å²) in [6.07, 6.45) is 1.77. The summed E-state index contributed by atoms with van der Waals surface area (Å²) in [5.74, 6) is 1.59. The fourth-order valence-corrected chi connectivity index (χ4v) is 7.55. The van der Waals surface area contributed by atoms with E-state index in [4.69, 9.17) is 27.9 Å². The van der Waals surface area contributed by atoms with Crippen LogP contribution in [0.5, 0.6) is 0 Å². The van der Waals surface area contributed by atoms with Gasteiger partial charge in [0.05, 0.1) is 17.4 Å². The van der Waals surface area contributed by atoms with Gasteiger partial charge in [0.15, 0.2) is 11.6 Å². The lowest BCUT2D eigenvalue weighted by Gasteiger charge is -2.37. The highest BCUT2D eigenvalue weighted by atomic mass is 127. The minimum absolute atomic E-state index is 0.101. The molecule has 4 aliphatic rings. The number of fused-ring (bicyclic) bond motifs is 8. The molecule has 2 aromatic rings. The summed E-state index contributed by atoms with van der Waals surface area (Å²) in [5.41, 5.74) is 3.75. The lowest BCUT2D eigenvalue weighted by molar-refractivity contribution is 0.0566. The van der Waals surface area contributed by atoms with Gasteiger partial charge < -0.3 is 19.9 Å². The fraction of sp³-hybridized carbons (Fsp3) is 0.560. The van der Waals surface area contributed by atoms with Crippen LogP contribution in [0.15, 0.2) is 0 Å². The molecule has 2 aromatic heterocycles. The van der Waals surface area contributed by atoms with Crippen molar-refractivity contribution in [2.45, 2.75) is 65.1 Å². The van der Waals surface area contributed by atoms with E-state index in [-0.39, 0.29) is 12.1 Å². The Kier molecular flexibility index (Phi) is 7.60. The van der Waals surface area contributed by atoms with Gasteiger partial charge in [-0.05, 0) is 92.6 Å². The van der Waals surface area contributed by atoms with Gasteiger partial charge in [0, 0.05) is 50.5 Å². The van der Waals surface area contributed by atoms with Crippen LogP contribution in [-0.2, 0) is 4.74 Å². The monoisotopic (exact) mass is 770 g/mol. The number of ether oxygens (including phenoxy) is 1. The Balaban J connectivity index is 0.000000162. The number of anilines is 4. The predicted molar refractivity (Wildman–Crippen MR) is 167 cm³/mol. The highest BCUT2D eigenvalue weighted by molar-refractivity contribution is 14.1. The highest BCUT2D eigenvalue weighted by Crippen LogP contribution is 2.45. The highest BCUT2D eigenvalue weighted by Gasteiger charge is 2.43. The lowest BCUT2D eigenvalue weighted by Crippen LogP contribution is -2.48. The van der Waals surface area contributed by atoms with E-state index in [1.54, 1.807) is 4.90 Å². The van der Waals surface area contributed by atoms with Gasteiger partial charge in [-0.3, -0.25) is 4.90 Å². The molecule has 2 fully saturated rings. The molecule has 8 nitrogen and oxygen atoms in total. The van der Waals surface area contributed by atoms with E-state index < -0.39 is 5.60 Å². The Bertz CT molecular complexity index is 1270. The Morgan fingerprint density at radius 1 is 0.973 bits per heavy atom. The summed E-state index contributed by atoms with van der Waals surface area (Å²) < 4.78 is 7.87. The zero-order chi connectivity index (χ0) is 26.8. The Morgan fingerprint density at radius 3 is 2.24 bits per heavy atom. The van der Waals surface area contributed by atoms with Crippen LogP contribution >= 0.6 is 68.4 Å². The first-order valence-corrected chi connectivity index (χ1v) is 15.3. The molecule has 0 aromatic carbocycles. The summed E-state index contributed by atoms with van der Waals surface area (Å²) in [4.78, 5) is 28.0. The number of amides is 1. The number of rotatable bonds is 0. The zero-order valence-corrected chi connectivity index (χ0v) is 27.3. The van der Waals surface area contributed by atoms with E-state index in [0.29, 0.717) is 22.2 Å². The van der Waals surface area contributed by atoms with Crippen molar-refractivity contribution in [2.75, 3.05) is 46.2 Å². The van der Waals surface area contributed by atoms with Crippen LogP contribution in [-0.4, -0.2) is 59.9 Å². The van der Waals surface area contributed by atoms with Crippen LogP contribution in [0.3, 0.4) is 0 Å². The molecule has 4 bridgehead atoms. The second-order valence-corrected chi connectivity index (χ2v) is 13.7. The Morgan fingerprint density at radius 2 is 1.57 bits per heavy atom. The molecular formula is C25H30Cl2I2N6O2. The number of hydrogen-bond donors (Lipinski definition) is 1. The Labute approximate surface area is 255 Å². The molecule has 37 heavy (non-hydrogen) atoms. The standard InChI is InChI=1S/C15H19ClIN3O2.C10H11ClIN3/c1-8-10(17)11-13(18-12(8)16)20(9-5-6-19(11)7-9)14(21)22-15(2,3)4;1-5-7(12)8-10(14-9(5)11)13-6-2-3-15(8)4-6/h9H,5-7H2,1-4H3;6H,2-4H2,1H3,(H,13,14)/t9-;6-/m00/s1. The molecule has 1 amide bonds. The first kappa shape index (κ1) is 27.6. The van der Waals surface area contributed by atoms with E-state index in [1.165, 1.54) is 15.7 Å². The first-order chi connectivity index (χ1) is 17.4. The molecule has 2 saturated heterocycles. The third kappa shape index (κ3) is 5.16. The smallest absolute Gasteiger partial charge is 0.416 e. The average Bonchev–Trinajstić information content (AvgIpc) is 3.39. The SMILES string of the molecule is Cc1c(Cl)nc2c(c1I)N1CC[C@@H](C1)N2.Cc1c(Cl)nc2c(c1I)N1CC[C@@H](C1)N2C(=O)OC(C)(C)C. The topological polar surface area (TPSA) is 73.8 Å². The molecule has 4 aliphatic heterocycles. The van der Waals surface area contributed by atoms with Crippen molar-refractivity contribution in [3.8, 4) is 0 Å². The van der Waals surface area contributed by atoms with Crippen molar-refractivity contribution in [1.82, 2.24) is 9.97 Å². The number of nitrogens with zero attached hydrogens (tertiary/aromatic N) is 5. The van der Waals surface area contributed by atoms with Crippen LogP contribution in [0.4, 0.5) is 27.8 Å². The summed E-state index contributed by atoms with van der Waals surface area (Å²) >= 11 is 17.0. The maximum absolute atomic E-state index is 12.7. The fourth-order valence-electron chi connectivity index (χ4n) is 5.19. The number of hydrogen-bond acceptors (Lipinski definition) is 7. The van der Waals surface area contributed by atoms with Crippen molar-refractivity contribution in [3.05, 3.63) is 28.6 Å². The third-order valence-electron chi connectivity index (χ3n) is 7.05. The molecule has 0 aliphatic carbocycles. The zero-order valence-electron chi connectivity index (χ0n) is 21.5. The quantitative estimate of drug-likeness (QED) is 0.238. The summed E-state index contributed by atoms with van der Waals surface area (Å²) in [6.45, 7) is 13.6. The lowest BCUT2D eigenvalue weighted by atomic mass is 10.1. The second kappa shape index (κ2) is 10.2. The van der Waals surface area contributed by atoms with Crippen molar-refractivity contribution >= 4 is 97.5 Å². The predicted octanol–water partition coefficient (Wildman–Crippen LogP) is 6.63. The van der Waals surface area contributed by atoms with Gasteiger partial charge in [-0.2, -0.15) is 0 Å². The maximum atomic E-state index is 12.7. The minimum Gasteiger partial charge on any atom is -0.443 e. The Hall–Kier alpha value is -0.990. The van der Waals surface area contributed by atoms with Gasteiger partial charge in [0.2, 0.25) is 0 Å². The van der Waals surface area contributed by atoms with Gasteiger partial charge in [0.25, 0.3) is 0 Å². The van der Waals surface area contributed by atoms with Crippen LogP contribution in [0.1, 0.15) is 44.7 Å². The van der Waals surface area contributed by atoms with Gasteiger partial charge in [-0.1, -0.05) is 23.2 Å². The molecule has 6 rings (SSSR count). The van der Waals surface area contributed by atoms with Crippen LogP contribution in [0.25, 0.3) is 0 Å². The van der Waals surface area contributed by atoms with E-state index in [0.717, 1.165) is 58.8 Å². The number of nitrogens with one attached hydrogen (secondary N) is 1. The molecule has 0 saturated carbocycles. The van der Waals surface area contributed by atoms with Crippen molar-refractivity contribution < 1.29 is 9.53 Å². The number of halogens is 4. The molecule has 200 valence electrons. The van der Waals surface area contributed by atoms with E-state index >= 15 is 0 Å². The summed E-state index contributed by atoms with van der Waals surface area (Å²) in [6, 6.07) is 0.656. The van der Waals surface area contributed by atoms with Gasteiger partial charge in [-0.15, -0.1) is 0 Å². The van der Waals surface area contributed by atoms with E-state index in [2.05, 4.69) is 70.3 Å². The normalized spacial score (nSPS) is 21.2. The number of pyridine rings is 2. The van der Waals surface area contributed by atoms with Crippen molar-refractivity contribution in [1.29, 1.82) is 0 Å². The largest absolute Gasteiger partial charge is 0.443 e. The molecule has 12 heteroatoms. The van der Waals surface area contributed by atoms with Crippen molar-refractivity contribution in [3.63, 3.8) is 0 Å². The van der Waals surface area contributed by atoms with E-state index in [1.807, 2.05) is 34.6 Å². The van der Waals surface area contributed by atoms with E-state index in [9.17, 15) is 4.79 Å². The minimum atomic E-state index is -0.533. The average molecular weight is 771 g/mol. The van der Waals surface area contributed by atoms with Crippen LogP contribution < -0.4 is 20.0 Å². The van der Waals surface area contributed by atoms with Crippen LogP contribution in [0.2, 0.25) is 10.3 Å². The first-order valence-electron chi connectivity index (χ1n) is 12.4. The molecule has 0 unspecified atom stereocenters. The molecule has 0 radical (unpaired) electrons. The summed E-state index contributed by atoms with van der Waals surface area (Å²) in [7, 11) is 0. The molecular weight excluding hydrogens is 741 g/mol. The second-order valence-electron chi connectivity index (χ2n) is 10.9. The number of carbonyl (C=O) groups excluding carboxylic acids is 1. The summed E-state index contributed by atoms with van der Waals surface area (Å²) in [5, 5.41) is 4.52. The van der Waals surface area contributed by atoms with Gasteiger partial charge >= 0.3 is 6.09 Å². The molecule has 6 heterocycles. The molecule has 2 atom stereocenters. The molecule has 1 N–H and O–H groups in total. The third-order valence-corrected chi connectivity index (χ3v) is 10.4. The number of carbonyl (C=O) groups is 1. The molecule has 0 spiro atoms. The maximum Gasteiger partial charge on any atom is 0.416 e.